The Morgan fingerprint density at radius 1 is 1.41 bits per heavy atom. The van der Waals surface area contributed by atoms with Gasteiger partial charge in [-0.1, -0.05) is 17.7 Å². The highest BCUT2D eigenvalue weighted by molar-refractivity contribution is 6.30. The van der Waals surface area contributed by atoms with Crippen molar-refractivity contribution in [3.05, 3.63) is 34.3 Å². The summed E-state index contributed by atoms with van der Waals surface area (Å²) in [5, 5.41) is 0.490. The number of halogens is 3. The second-order valence-corrected chi connectivity index (χ2v) is 8.12. The van der Waals surface area contributed by atoms with Crippen LogP contribution in [0.5, 0.6) is 0 Å². The minimum absolute atomic E-state index is 0.134. The summed E-state index contributed by atoms with van der Waals surface area (Å²) in [4.78, 5) is 19.0. The Kier molecular flexibility index (Phi) is 4.42. The van der Waals surface area contributed by atoms with E-state index in [2.05, 4.69) is 4.99 Å². The summed E-state index contributed by atoms with van der Waals surface area (Å²) in [6.07, 6.45) is 1.11. The molecule has 1 unspecified atom stereocenters. The largest absolute Gasteiger partial charge is 0.381 e. The van der Waals surface area contributed by atoms with Crippen molar-refractivity contribution < 1.29 is 18.3 Å². The number of aliphatic imine (C=N–C) groups is 1. The second-order valence-electron chi connectivity index (χ2n) is 7.68. The number of nitrogens with two attached hydrogens (primary N) is 1. The molecule has 4 rings (SSSR count). The number of guanidine groups is 1. The van der Waals surface area contributed by atoms with E-state index in [0.717, 1.165) is 23.3 Å². The summed E-state index contributed by atoms with van der Waals surface area (Å²) in [5.41, 5.74) is 5.90. The molecule has 1 saturated carbocycles. The molecule has 5 nitrogen and oxygen atoms in total. The first-order valence-corrected chi connectivity index (χ1v) is 9.48. The first-order chi connectivity index (χ1) is 12.8. The number of hydrogen-bond donors (Lipinski definition) is 1. The molecule has 1 aromatic rings. The van der Waals surface area contributed by atoms with Crippen molar-refractivity contribution in [2.45, 2.75) is 50.2 Å². The molecule has 0 saturated heterocycles. The third-order valence-corrected chi connectivity index (χ3v) is 6.65. The van der Waals surface area contributed by atoms with Crippen LogP contribution < -0.4 is 5.73 Å². The van der Waals surface area contributed by atoms with Crippen LogP contribution in [0.1, 0.15) is 36.8 Å². The van der Waals surface area contributed by atoms with Crippen LogP contribution in [-0.4, -0.2) is 43.0 Å². The zero-order valence-corrected chi connectivity index (χ0v) is 15.8. The minimum atomic E-state index is -2.68. The lowest BCUT2D eigenvalue weighted by molar-refractivity contribution is -0.139. The molecule has 8 heteroatoms. The van der Waals surface area contributed by atoms with Crippen molar-refractivity contribution in [1.82, 2.24) is 4.90 Å². The highest BCUT2D eigenvalue weighted by atomic mass is 35.5. The lowest BCUT2D eigenvalue weighted by Crippen LogP contribution is -2.52. The van der Waals surface area contributed by atoms with Gasteiger partial charge in [0.25, 0.3) is 12.3 Å². The summed E-state index contributed by atoms with van der Waals surface area (Å²) < 4.78 is 31.6. The fourth-order valence-corrected chi connectivity index (χ4v) is 5.32. The van der Waals surface area contributed by atoms with Gasteiger partial charge in [0.1, 0.15) is 0 Å². The summed E-state index contributed by atoms with van der Waals surface area (Å²) in [5.74, 6) is -0.599. The third-order valence-electron chi connectivity index (χ3n) is 6.42. The smallest absolute Gasteiger partial charge is 0.262 e. The number of carbonyl (C=O) groups excluding carboxylic acids is 1. The van der Waals surface area contributed by atoms with Crippen molar-refractivity contribution in [2.75, 3.05) is 13.7 Å². The Bertz CT molecular complexity index is 808. The van der Waals surface area contributed by atoms with Crippen LogP contribution in [0, 0.1) is 5.41 Å². The number of amides is 1. The van der Waals surface area contributed by atoms with Crippen molar-refractivity contribution in [1.29, 1.82) is 0 Å². The molecule has 146 valence electrons. The van der Waals surface area contributed by atoms with Gasteiger partial charge in [0.05, 0.1) is 12.6 Å². The molecule has 1 atom stereocenters. The van der Waals surface area contributed by atoms with Gasteiger partial charge in [-0.05, 0) is 55.4 Å². The van der Waals surface area contributed by atoms with Crippen molar-refractivity contribution in [2.24, 2.45) is 16.1 Å². The topological polar surface area (TPSA) is 67.9 Å². The molecule has 0 aromatic heterocycles. The Balaban J connectivity index is 1.84. The van der Waals surface area contributed by atoms with Gasteiger partial charge in [-0.3, -0.25) is 9.69 Å². The third kappa shape index (κ3) is 2.58. The fourth-order valence-electron chi connectivity index (χ4n) is 5.15. The summed E-state index contributed by atoms with van der Waals surface area (Å²) in [6.45, 7) is -0.747. The van der Waals surface area contributed by atoms with E-state index >= 15 is 0 Å². The Morgan fingerprint density at radius 3 is 2.74 bits per heavy atom. The molecule has 0 radical (unpaired) electrons. The molecule has 2 aliphatic carbocycles. The number of methoxy groups -OCH3 is 1. The predicted octanol–water partition coefficient (Wildman–Crippen LogP) is 3.09. The molecular weight excluding hydrogens is 376 g/mol. The van der Waals surface area contributed by atoms with Crippen LogP contribution in [0.25, 0.3) is 0 Å². The number of benzene rings is 1. The van der Waals surface area contributed by atoms with Crippen LogP contribution in [0.2, 0.25) is 5.02 Å². The minimum Gasteiger partial charge on any atom is -0.381 e. The zero-order chi connectivity index (χ0) is 19.4. The van der Waals surface area contributed by atoms with Gasteiger partial charge in [-0.2, -0.15) is 0 Å². The van der Waals surface area contributed by atoms with Crippen molar-refractivity contribution >= 4 is 23.5 Å². The Morgan fingerprint density at radius 2 is 2.11 bits per heavy atom. The standard InChI is InChI=1S/C19H22ClF2N3O2/c1-27-13-4-6-18(7-5-13)9-11-2-3-12(20)8-14(11)19(18)16(26)25(10-15(21)22)17(23)24-19/h2-3,8,13,15H,4-7,9-10H2,1H3,(H2,23,24)/t13-,18-,19?. The molecule has 1 fully saturated rings. The van der Waals surface area contributed by atoms with Crippen LogP contribution in [0.3, 0.4) is 0 Å². The Hall–Kier alpha value is -1.73. The monoisotopic (exact) mass is 397 g/mol. The van der Waals surface area contributed by atoms with Crippen molar-refractivity contribution in [3.8, 4) is 0 Å². The van der Waals surface area contributed by atoms with Crippen LogP contribution in [0.15, 0.2) is 23.2 Å². The van der Waals surface area contributed by atoms with E-state index in [1.807, 2.05) is 6.07 Å². The molecule has 1 aromatic carbocycles. The maximum atomic E-state index is 13.5. The number of fused-ring (bicyclic) bond motifs is 3. The molecule has 1 aliphatic heterocycles. The molecule has 1 heterocycles. The average Bonchev–Trinajstić information content (AvgIpc) is 3.03. The number of hydrogen-bond acceptors (Lipinski definition) is 4. The molecular formula is C19H22ClF2N3O2. The SMILES string of the molecule is CO[C@H]1CC[C@]2(CC1)Cc1ccc(Cl)cc1C21N=C(N)N(CC(F)F)C1=O. The summed E-state index contributed by atoms with van der Waals surface area (Å²) in [7, 11) is 1.68. The number of ether oxygens (including phenoxy) is 1. The fraction of sp³-hybridized carbons (Fsp3) is 0.579. The van der Waals surface area contributed by atoms with E-state index in [-0.39, 0.29) is 12.1 Å². The second kappa shape index (κ2) is 6.41. The molecule has 2 N–H and O–H groups in total. The lowest BCUT2D eigenvalue weighted by atomic mass is 9.61. The summed E-state index contributed by atoms with van der Waals surface area (Å²) >= 11 is 6.22. The lowest BCUT2D eigenvalue weighted by Gasteiger charge is -2.45. The van der Waals surface area contributed by atoms with Crippen molar-refractivity contribution in [3.63, 3.8) is 0 Å². The Labute approximate surface area is 161 Å². The quantitative estimate of drug-likeness (QED) is 0.852. The average molecular weight is 398 g/mol. The molecule has 27 heavy (non-hydrogen) atoms. The van der Waals surface area contributed by atoms with Gasteiger partial charge in [0.15, 0.2) is 11.5 Å². The number of alkyl halides is 2. The highest BCUT2D eigenvalue weighted by Gasteiger charge is 2.66. The molecule has 1 amide bonds. The van der Waals surface area contributed by atoms with E-state index < -0.39 is 29.8 Å². The summed E-state index contributed by atoms with van der Waals surface area (Å²) in [6, 6.07) is 5.44. The first kappa shape index (κ1) is 18.6. The van der Waals surface area contributed by atoms with E-state index in [1.54, 1.807) is 19.2 Å². The van der Waals surface area contributed by atoms with Gasteiger partial charge >= 0.3 is 0 Å². The van der Waals surface area contributed by atoms with E-state index in [9.17, 15) is 13.6 Å². The number of rotatable bonds is 3. The maximum Gasteiger partial charge on any atom is 0.262 e. The van der Waals surface area contributed by atoms with E-state index in [4.69, 9.17) is 22.1 Å². The maximum absolute atomic E-state index is 13.5. The van der Waals surface area contributed by atoms with Gasteiger partial charge < -0.3 is 10.5 Å². The van der Waals surface area contributed by atoms with Gasteiger partial charge in [0, 0.05) is 17.5 Å². The van der Waals surface area contributed by atoms with Gasteiger partial charge in [-0.15, -0.1) is 0 Å². The normalized spacial score (nSPS) is 32.6. The highest BCUT2D eigenvalue weighted by Crippen LogP contribution is 2.62. The van der Waals surface area contributed by atoms with Gasteiger partial charge in [-0.25, -0.2) is 13.8 Å². The first-order valence-electron chi connectivity index (χ1n) is 9.10. The van der Waals surface area contributed by atoms with Crippen LogP contribution in [0.4, 0.5) is 8.78 Å². The zero-order valence-electron chi connectivity index (χ0n) is 15.1. The van der Waals surface area contributed by atoms with Crippen LogP contribution in [-0.2, 0) is 21.5 Å². The number of nitrogens with zero attached hydrogens (tertiary/aromatic N) is 2. The van der Waals surface area contributed by atoms with Gasteiger partial charge in [0.2, 0.25) is 0 Å². The predicted molar refractivity (Wildman–Crippen MR) is 97.9 cm³/mol. The van der Waals surface area contributed by atoms with Crippen LogP contribution >= 0.6 is 11.6 Å². The molecule has 3 aliphatic rings. The molecule has 2 spiro atoms. The van der Waals surface area contributed by atoms with E-state index in [1.165, 1.54) is 0 Å². The van der Waals surface area contributed by atoms with E-state index in [0.29, 0.717) is 29.8 Å². The molecule has 0 bridgehead atoms. The number of carbonyl (C=O) groups is 1.